The van der Waals surface area contributed by atoms with Crippen LogP contribution in [-0.4, -0.2) is 37.5 Å². The van der Waals surface area contributed by atoms with E-state index in [0.717, 1.165) is 26.1 Å². The molecular formula is C10H21NO2. The molecule has 1 aliphatic rings. The van der Waals surface area contributed by atoms with E-state index in [1.165, 1.54) is 25.7 Å². The molecule has 0 aromatic rings. The smallest absolute Gasteiger partial charge is 0.0576 e. The van der Waals surface area contributed by atoms with Crippen molar-refractivity contribution in [3.8, 4) is 0 Å². The Labute approximate surface area is 80.5 Å². The molecule has 13 heavy (non-hydrogen) atoms. The Balaban J connectivity index is 1.78. The van der Waals surface area contributed by atoms with Gasteiger partial charge in [0.05, 0.1) is 6.10 Å². The van der Waals surface area contributed by atoms with Crippen LogP contribution in [0.25, 0.3) is 0 Å². The Morgan fingerprint density at radius 3 is 2.85 bits per heavy atom. The van der Waals surface area contributed by atoms with E-state index in [1.807, 2.05) is 0 Å². The summed E-state index contributed by atoms with van der Waals surface area (Å²) in [6.07, 6.45) is 6.25. The van der Waals surface area contributed by atoms with Crippen molar-refractivity contribution >= 4 is 0 Å². The molecule has 1 aliphatic heterocycles. The molecule has 3 heteroatoms. The molecule has 0 amide bonds. The van der Waals surface area contributed by atoms with E-state index in [-0.39, 0.29) is 0 Å². The Morgan fingerprint density at radius 2 is 2.15 bits per heavy atom. The van der Waals surface area contributed by atoms with Gasteiger partial charge in [-0.1, -0.05) is 0 Å². The Bertz CT molecular complexity index is 113. The third kappa shape index (κ3) is 5.24. The summed E-state index contributed by atoms with van der Waals surface area (Å²) in [5, 5.41) is 11.8. The van der Waals surface area contributed by atoms with Crippen molar-refractivity contribution in [3.63, 3.8) is 0 Å². The molecule has 0 aliphatic carbocycles. The highest BCUT2D eigenvalue weighted by Gasteiger charge is 2.13. The zero-order valence-corrected chi connectivity index (χ0v) is 8.30. The molecule has 0 radical (unpaired) electrons. The van der Waals surface area contributed by atoms with Crippen LogP contribution < -0.4 is 5.32 Å². The second-order valence-corrected chi connectivity index (χ2v) is 3.60. The Hall–Kier alpha value is -0.120. The van der Waals surface area contributed by atoms with Crippen molar-refractivity contribution in [2.45, 2.75) is 38.2 Å². The fourth-order valence-corrected chi connectivity index (χ4v) is 1.66. The highest BCUT2D eigenvalue weighted by molar-refractivity contribution is 4.65. The molecular weight excluding hydrogens is 166 g/mol. The van der Waals surface area contributed by atoms with Crippen LogP contribution in [-0.2, 0) is 4.74 Å². The molecule has 78 valence electrons. The first-order valence-electron chi connectivity index (χ1n) is 5.36. The van der Waals surface area contributed by atoms with Gasteiger partial charge in [-0.2, -0.15) is 0 Å². The lowest BCUT2D eigenvalue weighted by Gasteiger charge is -2.08. The van der Waals surface area contributed by atoms with Gasteiger partial charge < -0.3 is 15.2 Å². The van der Waals surface area contributed by atoms with Crippen LogP contribution in [0.5, 0.6) is 0 Å². The van der Waals surface area contributed by atoms with E-state index in [0.29, 0.717) is 12.7 Å². The first-order chi connectivity index (χ1) is 6.43. The molecule has 1 fully saturated rings. The van der Waals surface area contributed by atoms with Gasteiger partial charge in [0.15, 0.2) is 0 Å². The quantitative estimate of drug-likeness (QED) is 0.582. The van der Waals surface area contributed by atoms with Crippen molar-refractivity contribution < 1.29 is 9.84 Å². The van der Waals surface area contributed by atoms with Crippen LogP contribution in [0.3, 0.4) is 0 Å². The first-order valence-corrected chi connectivity index (χ1v) is 5.36. The topological polar surface area (TPSA) is 41.5 Å². The number of rotatable bonds is 7. The van der Waals surface area contributed by atoms with Gasteiger partial charge in [0.25, 0.3) is 0 Å². The minimum absolute atomic E-state index is 0.290. The highest BCUT2D eigenvalue weighted by atomic mass is 16.5. The summed E-state index contributed by atoms with van der Waals surface area (Å²) in [5.41, 5.74) is 0. The monoisotopic (exact) mass is 187 g/mol. The molecule has 1 rings (SSSR count). The van der Waals surface area contributed by atoms with Gasteiger partial charge in [-0.15, -0.1) is 0 Å². The van der Waals surface area contributed by atoms with E-state index < -0.39 is 0 Å². The lowest BCUT2D eigenvalue weighted by molar-refractivity contribution is 0.102. The van der Waals surface area contributed by atoms with Crippen molar-refractivity contribution in [1.29, 1.82) is 0 Å². The van der Waals surface area contributed by atoms with Crippen molar-refractivity contribution in [2.75, 3.05) is 26.3 Å². The predicted octanol–water partition coefficient (Wildman–Crippen LogP) is 0.918. The third-order valence-corrected chi connectivity index (χ3v) is 2.42. The van der Waals surface area contributed by atoms with Gasteiger partial charge in [0.2, 0.25) is 0 Å². The van der Waals surface area contributed by atoms with Gasteiger partial charge >= 0.3 is 0 Å². The number of ether oxygens (including phenoxy) is 1. The van der Waals surface area contributed by atoms with Crippen LogP contribution in [0.15, 0.2) is 0 Å². The van der Waals surface area contributed by atoms with Gasteiger partial charge in [0, 0.05) is 13.2 Å². The highest BCUT2D eigenvalue weighted by Crippen LogP contribution is 2.16. The summed E-state index contributed by atoms with van der Waals surface area (Å²) in [4.78, 5) is 0. The Morgan fingerprint density at radius 1 is 1.31 bits per heavy atom. The maximum Gasteiger partial charge on any atom is 0.0576 e. The lowest BCUT2D eigenvalue weighted by atomic mass is 10.1. The Kier molecular flexibility index (Phi) is 6.15. The van der Waals surface area contributed by atoms with E-state index in [4.69, 9.17) is 9.84 Å². The molecule has 0 bridgehead atoms. The SMILES string of the molecule is OCCCNCCCC1CCCO1. The molecule has 0 saturated carbocycles. The van der Waals surface area contributed by atoms with Gasteiger partial charge in [0.1, 0.15) is 0 Å². The standard InChI is InChI=1S/C10H21NO2/c12-8-3-7-11-6-1-4-10-5-2-9-13-10/h10-12H,1-9H2. The number of aliphatic hydroxyl groups is 1. The van der Waals surface area contributed by atoms with E-state index in [2.05, 4.69) is 5.32 Å². The van der Waals surface area contributed by atoms with Gasteiger partial charge in [-0.05, 0) is 45.2 Å². The first kappa shape index (κ1) is 11.0. The number of aliphatic hydroxyl groups excluding tert-OH is 1. The minimum atomic E-state index is 0.290. The average Bonchev–Trinajstić information content (AvgIpc) is 2.63. The molecule has 1 atom stereocenters. The van der Waals surface area contributed by atoms with Crippen LogP contribution in [0.4, 0.5) is 0 Å². The molecule has 1 saturated heterocycles. The van der Waals surface area contributed by atoms with Crippen molar-refractivity contribution in [2.24, 2.45) is 0 Å². The van der Waals surface area contributed by atoms with Gasteiger partial charge in [-0.25, -0.2) is 0 Å². The van der Waals surface area contributed by atoms with Gasteiger partial charge in [-0.3, -0.25) is 0 Å². The summed E-state index contributed by atoms with van der Waals surface area (Å²) in [5.74, 6) is 0. The van der Waals surface area contributed by atoms with E-state index in [9.17, 15) is 0 Å². The summed E-state index contributed by atoms with van der Waals surface area (Å²) < 4.78 is 5.51. The summed E-state index contributed by atoms with van der Waals surface area (Å²) in [6.45, 7) is 3.24. The maximum absolute atomic E-state index is 8.54. The summed E-state index contributed by atoms with van der Waals surface area (Å²) in [7, 11) is 0. The van der Waals surface area contributed by atoms with E-state index >= 15 is 0 Å². The fraction of sp³-hybridized carbons (Fsp3) is 1.00. The number of hydrogen-bond acceptors (Lipinski definition) is 3. The predicted molar refractivity (Wildman–Crippen MR) is 52.8 cm³/mol. The lowest BCUT2D eigenvalue weighted by Crippen LogP contribution is -2.19. The zero-order valence-electron chi connectivity index (χ0n) is 8.30. The van der Waals surface area contributed by atoms with Crippen LogP contribution in [0.1, 0.15) is 32.1 Å². The summed E-state index contributed by atoms with van der Waals surface area (Å²) in [6, 6.07) is 0. The normalized spacial score (nSPS) is 22.4. The largest absolute Gasteiger partial charge is 0.396 e. The number of hydrogen-bond donors (Lipinski definition) is 2. The van der Waals surface area contributed by atoms with Crippen LogP contribution in [0.2, 0.25) is 0 Å². The second-order valence-electron chi connectivity index (χ2n) is 3.60. The van der Waals surface area contributed by atoms with Crippen LogP contribution >= 0.6 is 0 Å². The molecule has 1 heterocycles. The zero-order chi connectivity index (χ0) is 9.36. The molecule has 0 aromatic heterocycles. The van der Waals surface area contributed by atoms with Crippen LogP contribution in [0, 0.1) is 0 Å². The fourth-order valence-electron chi connectivity index (χ4n) is 1.66. The van der Waals surface area contributed by atoms with Crippen molar-refractivity contribution in [3.05, 3.63) is 0 Å². The minimum Gasteiger partial charge on any atom is -0.396 e. The molecule has 3 nitrogen and oxygen atoms in total. The van der Waals surface area contributed by atoms with Crippen molar-refractivity contribution in [1.82, 2.24) is 5.32 Å². The number of nitrogens with one attached hydrogen (secondary N) is 1. The molecule has 0 spiro atoms. The van der Waals surface area contributed by atoms with E-state index in [1.54, 1.807) is 0 Å². The third-order valence-electron chi connectivity index (χ3n) is 2.42. The molecule has 0 aromatic carbocycles. The molecule has 2 N–H and O–H groups in total. The average molecular weight is 187 g/mol. The second kappa shape index (κ2) is 7.30. The maximum atomic E-state index is 8.54. The summed E-state index contributed by atoms with van der Waals surface area (Å²) >= 11 is 0. The molecule has 1 unspecified atom stereocenters.